The van der Waals surface area contributed by atoms with Crippen LogP contribution in [-0.2, 0) is 17.8 Å². The van der Waals surface area contributed by atoms with Crippen LogP contribution >= 0.6 is 11.6 Å². The van der Waals surface area contributed by atoms with Crippen molar-refractivity contribution in [3.05, 3.63) is 82.3 Å². The summed E-state index contributed by atoms with van der Waals surface area (Å²) in [4.78, 5) is 37.7. The summed E-state index contributed by atoms with van der Waals surface area (Å²) in [6.45, 7) is 8.97. The second kappa shape index (κ2) is 13.7. The first-order valence-electron chi connectivity index (χ1n) is 14.9. The Hall–Kier alpha value is -4.41. The van der Waals surface area contributed by atoms with Crippen molar-refractivity contribution in [1.82, 2.24) is 19.4 Å². The first kappa shape index (κ1) is 32.0. The van der Waals surface area contributed by atoms with Crippen molar-refractivity contribution >= 4 is 40.2 Å². The van der Waals surface area contributed by atoms with E-state index in [-0.39, 0.29) is 16.9 Å². The maximum absolute atomic E-state index is 14.2. The maximum Gasteiger partial charge on any atom is 0.260 e. The van der Waals surface area contributed by atoms with E-state index in [0.717, 1.165) is 38.0 Å². The molecule has 0 bridgehead atoms. The first-order chi connectivity index (χ1) is 21.6. The smallest absolute Gasteiger partial charge is 0.260 e. The minimum atomic E-state index is -0.278. The monoisotopic (exact) mass is 630 g/mol. The summed E-state index contributed by atoms with van der Waals surface area (Å²) in [5, 5.41) is 7.20. The Kier molecular flexibility index (Phi) is 9.74. The molecular formula is C34H39ClN6O4. The van der Waals surface area contributed by atoms with Crippen molar-refractivity contribution in [3.8, 4) is 22.6 Å². The van der Waals surface area contributed by atoms with Crippen molar-refractivity contribution in [2.45, 2.75) is 32.7 Å². The van der Waals surface area contributed by atoms with Gasteiger partial charge in [-0.15, -0.1) is 0 Å². The number of carbonyl (C=O) groups excluding carboxylic acids is 1. The van der Waals surface area contributed by atoms with Crippen molar-refractivity contribution in [1.29, 1.82) is 0 Å². The first-order valence-corrected chi connectivity index (χ1v) is 15.3. The molecule has 2 aromatic carbocycles. The van der Waals surface area contributed by atoms with E-state index in [4.69, 9.17) is 26.1 Å². The lowest BCUT2D eigenvalue weighted by atomic mass is 9.80. The highest BCUT2D eigenvalue weighted by atomic mass is 35.5. The van der Waals surface area contributed by atoms with Gasteiger partial charge in [-0.2, -0.15) is 4.98 Å². The second-order valence-electron chi connectivity index (χ2n) is 11.8. The summed E-state index contributed by atoms with van der Waals surface area (Å²) < 4.78 is 12.6. The molecule has 0 radical (unpaired) electrons. The van der Waals surface area contributed by atoms with E-state index in [2.05, 4.69) is 41.1 Å². The van der Waals surface area contributed by atoms with Gasteiger partial charge in [0.2, 0.25) is 11.9 Å². The molecule has 0 atom stereocenters. The molecule has 0 spiro atoms. The van der Waals surface area contributed by atoms with Gasteiger partial charge in [-0.1, -0.05) is 37.2 Å². The van der Waals surface area contributed by atoms with Crippen LogP contribution in [0.25, 0.3) is 22.2 Å². The molecule has 1 amide bonds. The van der Waals surface area contributed by atoms with Gasteiger partial charge in [0.05, 0.1) is 19.2 Å². The van der Waals surface area contributed by atoms with E-state index in [1.807, 2.05) is 24.3 Å². The number of nitrogens with one attached hydrogen (secondary N) is 2. The largest absolute Gasteiger partial charge is 0.497 e. The Morgan fingerprint density at radius 2 is 1.84 bits per heavy atom. The van der Waals surface area contributed by atoms with Gasteiger partial charge in [-0.3, -0.25) is 14.2 Å². The molecule has 10 nitrogen and oxygen atoms in total. The number of rotatable bonds is 11. The van der Waals surface area contributed by atoms with Crippen LogP contribution in [0.1, 0.15) is 25.3 Å². The number of carbonyl (C=O) groups is 1. The number of halogens is 1. The van der Waals surface area contributed by atoms with Crippen LogP contribution in [0, 0.1) is 5.41 Å². The number of anilines is 2. The fourth-order valence-corrected chi connectivity index (χ4v) is 5.78. The molecule has 4 aromatic rings. The van der Waals surface area contributed by atoms with Gasteiger partial charge < -0.3 is 25.0 Å². The van der Waals surface area contributed by atoms with Gasteiger partial charge in [0.15, 0.2) is 0 Å². The van der Waals surface area contributed by atoms with Crippen LogP contribution < -0.4 is 25.7 Å². The SMILES string of the molecule is C=CC(=O)Nc1ccc(CCn2c(=O)c(-c3cc(OC)cc(OC)c3Cl)cc3cnc(NCC4(C)CCN(C)CC4)nc32)cc1. The molecule has 236 valence electrons. The standard InChI is InChI=1S/C34H39ClN6O4/c1-6-29(42)38-24-9-7-22(8-10-24)11-14-41-31-23(20-36-33(39-31)37-21-34(2)12-15-40(3)16-13-34)17-27(32(41)43)26-18-25(44-4)19-28(45-5)30(26)35/h6-10,17-20H,1,11-16,21H2,2-5H3,(H,38,42)(H,36,37,39). The number of nitrogens with zero attached hydrogens (tertiary/aromatic N) is 4. The molecule has 5 rings (SSSR count). The average Bonchev–Trinajstić information content (AvgIpc) is 3.05. The summed E-state index contributed by atoms with van der Waals surface area (Å²) in [6, 6.07) is 12.7. The second-order valence-corrected chi connectivity index (χ2v) is 12.2. The molecule has 2 N–H and O–H groups in total. The summed E-state index contributed by atoms with van der Waals surface area (Å²) in [7, 11) is 5.22. The Morgan fingerprint density at radius 1 is 1.11 bits per heavy atom. The molecule has 1 fully saturated rings. The lowest BCUT2D eigenvalue weighted by molar-refractivity contribution is -0.111. The number of benzene rings is 2. The van der Waals surface area contributed by atoms with E-state index in [0.29, 0.717) is 63.3 Å². The predicted molar refractivity (Wildman–Crippen MR) is 180 cm³/mol. The molecule has 2 aromatic heterocycles. The van der Waals surface area contributed by atoms with Gasteiger partial charge in [0, 0.05) is 47.6 Å². The van der Waals surface area contributed by atoms with E-state index in [9.17, 15) is 9.59 Å². The number of hydrogen-bond acceptors (Lipinski definition) is 8. The van der Waals surface area contributed by atoms with Crippen LogP contribution in [-0.4, -0.2) is 66.2 Å². The highest BCUT2D eigenvalue weighted by molar-refractivity contribution is 6.35. The highest BCUT2D eigenvalue weighted by Gasteiger charge is 2.29. The molecule has 45 heavy (non-hydrogen) atoms. The van der Waals surface area contributed by atoms with Crippen molar-refractivity contribution in [3.63, 3.8) is 0 Å². The highest BCUT2D eigenvalue weighted by Crippen LogP contribution is 2.39. The number of methoxy groups -OCH3 is 2. The molecule has 0 saturated carbocycles. The molecule has 1 saturated heterocycles. The fraction of sp³-hybridized carbons (Fsp3) is 0.353. The number of pyridine rings is 1. The van der Waals surface area contributed by atoms with Gasteiger partial charge in [-0.05, 0) is 80.7 Å². The quantitative estimate of drug-likeness (QED) is 0.205. The molecule has 0 aliphatic carbocycles. The lowest BCUT2D eigenvalue weighted by Gasteiger charge is -2.37. The van der Waals surface area contributed by atoms with Crippen molar-refractivity contribution in [2.24, 2.45) is 5.41 Å². The summed E-state index contributed by atoms with van der Waals surface area (Å²) >= 11 is 6.74. The zero-order valence-corrected chi connectivity index (χ0v) is 26.9. The Bertz CT molecular complexity index is 1760. The normalized spacial score (nSPS) is 14.6. The van der Waals surface area contributed by atoms with E-state index >= 15 is 0 Å². The van der Waals surface area contributed by atoms with Crippen LogP contribution in [0.15, 0.2) is 66.1 Å². The molecule has 3 heterocycles. The zero-order chi connectivity index (χ0) is 32.1. The van der Waals surface area contributed by atoms with Crippen LogP contribution in [0.4, 0.5) is 11.6 Å². The third kappa shape index (κ3) is 7.29. The predicted octanol–water partition coefficient (Wildman–Crippen LogP) is 5.64. The van der Waals surface area contributed by atoms with Crippen LogP contribution in [0.2, 0.25) is 5.02 Å². The maximum atomic E-state index is 14.2. The topological polar surface area (TPSA) is 111 Å². The minimum absolute atomic E-state index is 0.133. The Balaban J connectivity index is 1.53. The van der Waals surface area contributed by atoms with Gasteiger partial charge in [0.25, 0.3) is 5.56 Å². The van der Waals surface area contributed by atoms with E-state index in [1.54, 1.807) is 36.1 Å². The van der Waals surface area contributed by atoms with Crippen molar-refractivity contribution in [2.75, 3.05) is 51.5 Å². The fourth-order valence-electron chi connectivity index (χ4n) is 5.50. The third-order valence-electron chi connectivity index (χ3n) is 8.48. The molecule has 0 unspecified atom stereocenters. The van der Waals surface area contributed by atoms with E-state index in [1.165, 1.54) is 13.2 Å². The summed E-state index contributed by atoms with van der Waals surface area (Å²) in [5.41, 5.74) is 2.94. The number of likely N-dealkylation sites (tertiary alicyclic amines) is 1. The van der Waals surface area contributed by atoms with E-state index < -0.39 is 0 Å². The third-order valence-corrected chi connectivity index (χ3v) is 8.87. The molecule has 1 aliphatic rings. The van der Waals surface area contributed by atoms with Gasteiger partial charge >= 0.3 is 0 Å². The minimum Gasteiger partial charge on any atom is -0.497 e. The van der Waals surface area contributed by atoms with Crippen LogP contribution in [0.5, 0.6) is 11.5 Å². The Morgan fingerprint density at radius 3 is 2.51 bits per heavy atom. The number of ether oxygens (including phenoxy) is 2. The number of piperidine rings is 1. The zero-order valence-electron chi connectivity index (χ0n) is 26.2. The Labute approximate surface area is 268 Å². The number of aromatic nitrogens is 3. The lowest BCUT2D eigenvalue weighted by Crippen LogP contribution is -2.40. The molecule has 11 heteroatoms. The summed E-state index contributed by atoms with van der Waals surface area (Å²) in [5.74, 6) is 1.12. The van der Waals surface area contributed by atoms with Crippen molar-refractivity contribution < 1.29 is 14.3 Å². The number of hydrogen-bond donors (Lipinski definition) is 2. The molecular weight excluding hydrogens is 592 g/mol. The summed E-state index contributed by atoms with van der Waals surface area (Å²) in [6.07, 6.45) is 5.67. The average molecular weight is 631 g/mol. The molecule has 1 aliphatic heterocycles. The van der Waals surface area contributed by atoms with Gasteiger partial charge in [-0.25, -0.2) is 4.98 Å². The number of amides is 1. The number of fused-ring (bicyclic) bond motifs is 1. The van der Waals surface area contributed by atoms with Crippen LogP contribution in [0.3, 0.4) is 0 Å². The van der Waals surface area contributed by atoms with Gasteiger partial charge in [0.1, 0.15) is 17.1 Å². The number of aryl methyl sites for hydroxylation is 2.